The van der Waals surface area contributed by atoms with Gasteiger partial charge in [0.1, 0.15) is 0 Å². The summed E-state index contributed by atoms with van der Waals surface area (Å²) in [5.41, 5.74) is 0. The van der Waals surface area contributed by atoms with Gasteiger partial charge < -0.3 is 14.6 Å². The van der Waals surface area contributed by atoms with Gasteiger partial charge in [-0.1, -0.05) is 0 Å². The summed E-state index contributed by atoms with van der Waals surface area (Å²) in [6.45, 7) is -0.153. The Hall–Kier alpha value is -1.39. The SMILES string of the molecule is COC(=O)NS(=O)(=O)NC1COCC1C(=O)O. The summed E-state index contributed by atoms with van der Waals surface area (Å²) in [7, 11) is -3.16. The van der Waals surface area contributed by atoms with Crippen LogP contribution in [0.3, 0.4) is 0 Å². The van der Waals surface area contributed by atoms with Crippen molar-refractivity contribution < 1.29 is 32.6 Å². The molecule has 1 aliphatic rings. The molecule has 9 nitrogen and oxygen atoms in total. The molecule has 2 unspecified atom stereocenters. The summed E-state index contributed by atoms with van der Waals surface area (Å²) in [6, 6.07) is -0.922. The molecule has 1 rings (SSSR count). The highest BCUT2D eigenvalue weighted by molar-refractivity contribution is 7.88. The summed E-state index contributed by atoms with van der Waals surface area (Å²) in [4.78, 5) is 21.5. The molecule has 3 N–H and O–H groups in total. The average Bonchev–Trinajstić information content (AvgIpc) is 2.64. The van der Waals surface area contributed by atoms with Crippen molar-refractivity contribution in [2.24, 2.45) is 5.92 Å². The van der Waals surface area contributed by atoms with Crippen LogP contribution in [0.4, 0.5) is 4.79 Å². The van der Waals surface area contributed by atoms with Gasteiger partial charge in [0.2, 0.25) is 0 Å². The van der Waals surface area contributed by atoms with Gasteiger partial charge >= 0.3 is 22.3 Å². The number of aliphatic carboxylic acids is 1. The smallest absolute Gasteiger partial charge is 0.421 e. The number of hydrogen-bond acceptors (Lipinski definition) is 6. The van der Waals surface area contributed by atoms with E-state index in [2.05, 4.69) is 4.74 Å². The predicted molar refractivity (Wildman–Crippen MR) is 53.3 cm³/mol. The molecule has 1 aliphatic heterocycles. The van der Waals surface area contributed by atoms with E-state index in [1.165, 1.54) is 0 Å². The summed E-state index contributed by atoms with van der Waals surface area (Å²) in [5.74, 6) is -2.16. The van der Waals surface area contributed by atoms with E-state index in [1.54, 1.807) is 4.72 Å². The second-order valence-corrected chi connectivity index (χ2v) is 4.75. The Morgan fingerprint density at radius 2 is 2.06 bits per heavy atom. The first-order valence-electron chi connectivity index (χ1n) is 4.54. The molecular weight excluding hydrogens is 256 g/mol. The van der Waals surface area contributed by atoms with E-state index < -0.39 is 34.2 Å². The minimum Gasteiger partial charge on any atom is -0.481 e. The topological polar surface area (TPSA) is 131 Å². The van der Waals surface area contributed by atoms with Crippen LogP contribution in [0.2, 0.25) is 0 Å². The van der Waals surface area contributed by atoms with Crippen molar-refractivity contribution in [1.82, 2.24) is 9.44 Å². The summed E-state index contributed by atoms with van der Waals surface area (Å²) >= 11 is 0. The van der Waals surface area contributed by atoms with Gasteiger partial charge in [-0.15, -0.1) is 0 Å². The zero-order chi connectivity index (χ0) is 13.1. The van der Waals surface area contributed by atoms with Crippen molar-refractivity contribution in [3.05, 3.63) is 0 Å². The summed E-state index contributed by atoms with van der Waals surface area (Å²) in [6.07, 6.45) is -1.16. The molecule has 0 aromatic heterocycles. The number of rotatable bonds is 4. The second-order valence-electron chi connectivity index (χ2n) is 3.30. The quantitative estimate of drug-likeness (QED) is 0.552. The molecule has 0 saturated carbocycles. The van der Waals surface area contributed by atoms with Gasteiger partial charge in [-0.2, -0.15) is 13.1 Å². The third-order valence-electron chi connectivity index (χ3n) is 2.11. The number of hydrogen-bond donors (Lipinski definition) is 3. The van der Waals surface area contributed by atoms with Crippen LogP contribution < -0.4 is 9.44 Å². The van der Waals surface area contributed by atoms with E-state index >= 15 is 0 Å². The van der Waals surface area contributed by atoms with Crippen molar-refractivity contribution in [2.75, 3.05) is 20.3 Å². The fraction of sp³-hybridized carbons (Fsp3) is 0.714. The number of ether oxygens (including phenoxy) is 2. The van der Waals surface area contributed by atoms with E-state index in [-0.39, 0.29) is 13.2 Å². The lowest BCUT2D eigenvalue weighted by atomic mass is 10.1. The standard InChI is InChI=1S/C7H12N2O7S/c1-15-7(12)9-17(13,14)8-5-3-16-2-4(5)6(10)11/h4-5,8H,2-3H2,1H3,(H,9,12)(H,10,11). The molecule has 0 radical (unpaired) electrons. The Balaban J connectivity index is 2.64. The van der Waals surface area contributed by atoms with Gasteiger partial charge in [0.15, 0.2) is 0 Å². The van der Waals surface area contributed by atoms with E-state index in [0.29, 0.717) is 0 Å². The average molecular weight is 268 g/mol. The van der Waals surface area contributed by atoms with Crippen molar-refractivity contribution in [1.29, 1.82) is 0 Å². The second kappa shape index (κ2) is 5.29. The molecule has 0 aliphatic carbocycles. The van der Waals surface area contributed by atoms with E-state index in [4.69, 9.17) is 9.84 Å². The molecule has 0 aromatic carbocycles. The molecule has 0 spiro atoms. The Morgan fingerprint density at radius 1 is 1.41 bits per heavy atom. The maximum Gasteiger partial charge on any atom is 0.421 e. The lowest BCUT2D eigenvalue weighted by Gasteiger charge is -2.15. The summed E-state index contributed by atoms with van der Waals surface area (Å²) in [5, 5.41) is 8.78. The third-order valence-corrected chi connectivity index (χ3v) is 3.16. The zero-order valence-electron chi connectivity index (χ0n) is 8.87. The largest absolute Gasteiger partial charge is 0.481 e. The number of carboxylic acids is 1. The normalized spacial score (nSPS) is 24.3. The zero-order valence-corrected chi connectivity index (χ0v) is 9.69. The fourth-order valence-electron chi connectivity index (χ4n) is 1.29. The Labute approximate surface area is 97.3 Å². The molecule has 1 amide bonds. The fourth-order valence-corrected chi connectivity index (χ4v) is 2.29. The van der Waals surface area contributed by atoms with Gasteiger partial charge in [0, 0.05) is 0 Å². The predicted octanol–water partition coefficient (Wildman–Crippen LogP) is -1.72. The first kappa shape index (κ1) is 13.7. The number of carbonyl (C=O) groups excluding carboxylic acids is 1. The van der Waals surface area contributed by atoms with Gasteiger partial charge in [0.05, 0.1) is 32.3 Å². The lowest BCUT2D eigenvalue weighted by Crippen LogP contribution is -2.49. The van der Waals surface area contributed by atoms with Crippen molar-refractivity contribution >= 4 is 22.3 Å². The van der Waals surface area contributed by atoms with Crippen LogP contribution in [0.1, 0.15) is 0 Å². The minimum absolute atomic E-state index is 0.0704. The molecule has 17 heavy (non-hydrogen) atoms. The maximum absolute atomic E-state index is 11.4. The third kappa shape index (κ3) is 3.84. The van der Waals surface area contributed by atoms with Crippen LogP contribution in [-0.4, -0.2) is 52.0 Å². The first-order chi connectivity index (χ1) is 7.85. The Kier molecular flexibility index (Phi) is 4.26. The van der Waals surface area contributed by atoms with Crippen LogP contribution in [0.25, 0.3) is 0 Å². The van der Waals surface area contributed by atoms with E-state index in [0.717, 1.165) is 7.11 Å². The van der Waals surface area contributed by atoms with Crippen LogP contribution in [0, 0.1) is 5.92 Å². The number of carboxylic acid groups (broad SMARTS) is 1. The minimum atomic E-state index is -4.16. The number of nitrogens with one attached hydrogen (secondary N) is 2. The molecule has 98 valence electrons. The van der Waals surface area contributed by atoms with Crippen molar-refractivity contribution in [3.8, 4) is 0 Å². The Morgan fingerprint density at radius 3 is 2.59 bits per heavy atom. The number of amides is 1. The van der Waals surface area contributed by atoms with E-state index in [9.17, 15) is 18.0 Å². The monoisotopic (exact) mass is 268 g/mol. The maximum atomic E-state index is 11.4. The number of carbonyl (C=O) groups is 2. The van der Waals surface area contributed by atoms with Crippen LogP contribution in [-0.2, 0) is 24.5 Å². The van der Waals surface area contributed by atoms with Gasteiger partial charge in [-0.3, -0.25) is 4.79 Å². The molecule has 0 bridgehead atoms. The molecule has 10 heteroatoms. The highest BCUT2D eigenvalue weighted by Crippen LogP contribution is 2.14. The van der Waals surface area contributed by atoms with Crippen LogP contribution >= 0.6 is 0 Å². The highest BCUT2D eigenvalue weighted by atomic mass is 32.2. The molecule has 1 heterocycles. The molecular formula is C7H12N2O7S. The van der Waals surface area contributed by atoms with Crippen molar-refractivity contribution in [3.63, 3.8) is 0 Å². The molecule has 1 fully saturated rings. The van der Waals surface area contributed by atoms with E-state index in [1.807, 2.05) is 4.72 Å². The molecule has 0 aromatic rings. The number of methoxy groups -OCH3 is 1. The molecule has 2 atom stereocenters. The lowest BCUT2D eigenvalue weighted by molar-refractivity contribution is -0.142. The van der Waals surface area contributed by atoms with Gasteiger partial charge in [-0.25, -0.2) is 9.52 Å². The van der Waals surface area contributed by atoms with Gasteiger partial charge in [0.25, 0.3) is 0 Å². The van der Waals surface area contributed by atoms with Crippen molar-refractivity contribution in [2.45, 2.75) is 6.04 Å². The molecule has 1 saturated heterocycles. The summed E-state index contributed by atoms with van der Waals surface area (Å²) < 4.78 is 35.2. The van der Waals surface area contributed by atoms with Crippen LogP contribution in [0.5, 0.6) is 0 Å². The highest BCUT2D eigenvalue weighted by Gasteiger charge is 2.37. The first-order valence-corrected chi connectivity index (χ1v) is 6.02. The van der Waals surface area contributed by atoms with Gasteiger partial charge in [-0.05, 0) is 0 Å². The Bertz CT molecular complexity index is 406. The van der Waals surface area contributed by atoms with Crippen LogP contribution in [0.15, 0.2) is 0 Å².